The Bertz CT molecular complexity index is 1970. The van der Waals surface area contributed by atoms with Gasteiger partial charge in [0.15, 0.2) is 0 Å². The Morgan fingerprint density at radius 3 is 2.49 bits per heavy atom. The van der Waals surface area contributed by atoms with E-state index in [1.807, 2.05) is 0 Å². The standard InChI is InChI=1S/C32H27BrClFN6O4/c1-19(24-10-9-23(45-2)17-27(24)35)37-30(42)29-28-18-38(31(43)20-4-11-25(33)26(34)16-20)14-15-39(28)32(44)41(29)22-7-5-21(6-8-22)40-13-3-12-36-40/h3-13,16-17,19H,14-15,18H2,1-2H3,(H,37,42)/t19-/m1/s1. The largest absolute Gasteiger partial charge is 0.497 e. The Kier molecular flexibility index (Phi) is 8.34. The van der Waals surface area contributed by atoms with Gasteiger partial charge in [-0.1, -0.05) is 17.7 Å². The predicted molar refractivity (Wildman–Crippen MR) is 170 cm³/mol. The van der Waals surface area contributed by atoms with Crippen molar-refractivity contribution in [3.63, 3.8) is 0 Å². The number of nitrogens with one attached hydrogen (secondary N) is 1. The first-order valence-electron chi connectivity index (χ1n) is 14.0. The van der Waals surface area contributed by atoms with Crippen LogP contribution in [0.1, 0.15) is 45.1 Å². The van der Waals surface area contributed by atoms with Crippen LogP contribution in [0.3, 0.4) is 0 Å². The van der Waals surface area contributed by atoms with E-state index in [4.69, 9.17) is 16.3 Å². The van der Waals surface area contributed by atoms with Gasteiger partial charge in [0, 0.05) is 47.1 Å². The van der Waals surface area contributed by atoms with Crippen LogP contribution in [0.15, 0.2) is 88.4 Å². The molecule has 1 aliphatic rings. The number of rotatable bonds is 7. The smallest absolute Gasteiger partial charge is 0.333 e. The van der Waals surface area contributed by atoms with Crippen molar-refractivity contribution in [2.75, 3.05) is 13.7 Å². The molecule has 0 radical (unpaired) electrons. The SMILES string of the molecule is COc1ccc([C@@H](C)NC(=O)c2c3n(c(=O)n2-c2ccc(-n4cccn4)cc2)CCN(C(=O)c2ccc(Br)c(Cl)c2)C3)c(F)c1. The first-order chi connectivity index (χ1) is 21.7. The molecule has 1 atom stereocenters. The molecule has 5 aromatic rings. The van der Waals surface area contributed by atoms with Crippen LogP contribution in [-0.4, -0.2) is 49.3 Å². The lowest BCUT2D eigenvalue weighted by Gasteiger charge is -2.28. The molecule has 3 aromatic carbocycles. The van der Waals surface area contributed by atoms with Crippen LogP contribution < -0.4 is 15.7 Å². The molecule has 0 aliphatic carbocycles. The molecule has 3 heterocycles. The number of hydrogen-bond donors (Lipinski definition) is 1. The van der Waals surface area contributed by atoms with Crippen molar-refractivity contribution < 1.29 is 18.7 Å². The number of imidazole rings is 1. The number of hydrogen-bond acceptors (Lipinski definition) is 5. The molecule has 45 heavy (non-hydrogen) atoms. The minimum atomic E-state index is -0.754. The Balaban J connectivity index is 1.40. The monoisotopic (exact) mass is 692 g/mol. The van der Waals surface area contributed by atoms with Crippen LogP contribution in [0.2, 0.25) is 5.02 Å². The van der Waals surface area contributed by atoms with Gasteiger partial charge in [-0.25, -0.2) is 13.9 Å². The van der Waals surface area contributed by atoms with E-state index in [9.17, 15) is 18.8 Å². The third-order valence-corrected chi connectivity index (χ3v) is 8.98. The zero-order chi connectivity index (χ0) is 31.8. The number of carbonyl (C=O) groups excluding carboxylic acids is 2. The number of nitrogens with zero attached hydrogens (tertiary/aromatic N) is 5. The highest BCUT2D eigenvalue weighted by Gasteiger charge is 2.33. The highest BCUT2D eigenvalue weighted by Crippen LogP contribution is 2.27. The number of methoxy groups -OCH3 is 1. The fourth-order valence-electron chi connectivity index (χ4n) is 5.42. The Morgan fingerprint density at radius 1 is 1.07 bits per heavy atom. The number of ether oxygens (including phenoxy) is 1. The van der Waals surface area contributed by atoms with Crippen LogP contribution in [0.5, 0.6) is 5.75 Å². The second-order valence-corrected chi connectivity index (χ2v) is 11.7. The summed E-state index contributed by atoms with van der Waals surface area (Å²) in [6, 6.07) is 17.4. The fraction of sp³-hybridized carbons (Fsp3) is 0.188. The zero-order valence-corrected chi connectivity index (χ0v) is 26.5. The van der Waals surface area contributed by atoms with Crippen LogP contribution in [0, 0.1) is 5.82 Å². The zero-order valence-electron chi connectivity index (χ0n) is 24.2. The summed E-state index contributed by atoms with van der Waals surface area (Å²) in [4.78, 5) is 43.0. The summed E-state index contributed by atoms with van der Waals surface area (Å²) in [5, 5.41) is 7.48. The number of aromatic nitrogens is 4. The lowest BCUT2D eigenvalue weighted by atomic mass is 10.1. The maximum absolute atomic E-state index is 14.9. The molecule has 0 bridgehead atoms. The molecule has 0 spiro atoms. The highest BCUT2D eigenvalue weighted by molar-refractivity contribution is 9.10. The van der Waals surface area contributed by atoms with Gasteiger partial charge >= 0.3 is 5.69 Å². The normalized spacial score (nSPS) is 13.3. The summed E-state index contributed by atoms with van der Waals surface area (Å²) in [5.41, 5.74) is 1.83. The Labute approximate surface area is 270 Å². The van der Waals surface area contributed by atoms with E-state index in [1.54, 1.807) is 89.6 Å². The van der Waals surface area contributed by atoms with E-state index >= 15 is 0 Å². The molecule has 6 rings (SSSR count). The third-order valence-electron chi connectivity index (χ3n) is 7.75. The van der Waals surface area contributed by atoms with Crippen molar-refractivity contribution in [2.45, 2.75) is 26.1 Å². The molecule has 0 saturated heterocycles. The van der Waals surface area contributed by atoms with Gasteiger partial charge in [0.1, 0.15) is 17.3 Å². The second kappa shape index (κ2) is 12.4. The first-order valence-corrected chi connectivity index (χ1v) is 15.2. The average molecular weight is 694 g/mol. The van der Waals surface area contributed by atoms with Crippen molar-refractivity contribution >= 4 is 39.3 Å². The van der Waals surface area contributed by atoms with Crippen molar-refractivity contribution in [2.24, 2.45) is 0 Å². The number of fused-ring (bicyclic) bond motifs is 1. The minimum Gasteiger partial charge on any atom is -0.497 e. The minimum absolute atomic E-state index is 0.00580. The molecule has 2 aromatic heterocycles. The van der Waals surface area contributed by atoms with E-state index in [0.29, 0.717) is 32.2 Å². The number of benzene rings is 3. The van der Waals surface area contributed by atoms with E-state index in [-0.39, 0.29) is 36.8 Å². The molecule has 1 N–H and O–H groups in total. The van der Waals surface area contributed by atoms with Gasteiger partial charge in [-0.15, -0.1) is 0 Å². The van der Waals surface area contributed by atoms with E-state index in [0.717, 1.165) is 5.69 Å². The van der Waals surface area contributed by atoms with Gasteiger partial charge in [0.2, 0.25) is 0 Å². The molecular formula is C32H27BrClFN6O4. The predicted octanol–water partition coefficient (Wildman–Crippen LogP) is 5.54. The average Bonchev–Trinajstić information content (AvgIpc) is 3.68. The summed E-state index contributed by atoms with van der Waals surface area (Å²) in [6.07, 6.45) is 3.45. The van der Waals surface area contributed by atoms with Crippen molar-refractivity contribution in [1.82, 2.24) is 29.1 Å². The molecule has 230 valence electrons. The number of amides is 2. The molecule has 0 unspecified atom stereocenters. The van der Waals surface area contributed by atoms with Gasteiger partial charge in [-0.3, -0.25) is 18.7 Å². The maximum atomic E-state index is 14.9. The molecule has 1 aliphatic heterocycles. The molecule has 10 nitrogen and oxygen atoms in total. The molecule has 0 fully saturated rings. The molecule has 2 amide bonds. The van der Waals surface area contributed by atoms with E-state index in [2.05, 4.69) is 26.3 Å². The third kappa shape index (κ3) is 5.78. The second-order valence-electron chi connectivity index (χ2n) is 10.5. The molecule has 13 heteroatoms. The van der Waals surface area contributed by atoms with Crippen LogP contribution in [0.25, 0.3) is 11.4 Å². The number of halogens is 3. The van der Waals surface area contributed by atoms with Crippen molar-refractivity contribution in [1.29, 1.82) is 0 Å². The topological polar surface area (TPSA) is 103 Å². The highest BCUT2D eigenvalue weighted by atomic mass is 79.9. The summed E-state index contributed by atoms with van der Waals surface area (Å²) >= 11 is 9.59. The summed E-state index contributed by atoms with van der Waals surface area (Å²) < 4.78 is 25.2. The van der Waals surface area contributed by atoms with E-state index < -0.39 is 23.5 Å². The van der Waals surface area contributed by atoms with Gasteiger partial charge in [0.25, 0.3) is 11.8 Å². The summed E-state index contributed by atoms with van der Waals surface area (Å²) in [6.45, 7) is 2.07. The first kappa shape index (κ1) is 30.4. The quantitative estimate of drug-likeness (QED) is 0.242. The molecule has 0 saturated carbocycles. The van der Waals surface area contributed by atoms with Gasteiger partial charge in [-0.2, -0.15) is 5.10 Å². The van der Waals surface area contributed by atoms with Crippen LogP contribution >= 0.6 is 27.5 Å². The van der Waals surface area contributed by atoms with Crippen LogP contribution in [0.4, 0.5) is 4.39 Å². The lowest BCUT2D eigenvalue weighted by Crippen LogP contribution is -2.41. The summed E-state index contributed by atoms with van der Waals surface area (Å²) in [7, 11) is 1.44. The Morgan fingerprint density at radius 2 is 1.82 bits per heavy atom. The Hall–Kier alpha value is -4.68. The number of carbonyl (C=O) groups is 2. The summed E-state index contributed by atoms with van der Waals surface area (Å²) in [5.74, 6) is -1.08. The fourth-order valence-corrected chi connectivity index (χ4v) is 5.85. The maximum Gasteiger partial charge on any atom is 0.333 e. The van der Waals surface area contributed by atoms with Gasteiger partial charge in [0.05, 0.1) is 41.8 Å². The lowest BCUT2D eigenvalue weighted by molar-refractivity contribution is 0.0706. The van der Waals surface area contributed by atoms with Crippen molar-refractivity contribution in [3.05, 3.63) is 127 Å². The molecular weight excluding hydrogens is 667 g/mol. The van der Waals surface area contributed by atoms with Crippen molar-refractivity contribution in [3.8, 4) is 17.1 Å². The van der Waals surface area contributed by atoms with Crippen LogP contribution in [-0.2, 0) is 13.1 Å². The van der Waals surface area contributed by atoms with Gasteiger partial charge in [-0.05, 0) is 77.5 Å². The van der Waals surface area contributed by atoms with E-state index in [1.165, 1.54) is 22.3 Å². The van der Waals surface area contributed by atoms with Gasteiger partial charge < -0.3 is 15.0 Å².